The van der Waals surface area contributed by atoms with Crippen molar-refractivity contribution in [3.63, 3.8) is 0 Å². The van der Waals surface area contributed by atoms with Gasteiger partial charge in [0.25, 0.3) is 0 Å². The van der Waals surface area contributed by atoms with Gasteiger partial charge in [-0.1, -0.05) is 6.07 Å². The third kappa shape index (κ3) is 6.24. The highest BCUT2D eigenvalue weighted by molar-refractivity contribution is 7.90. The third-order valence-electron chi connectivity index (χ3n) is 3.50. The highest BCUT2D eigenvalue weighted by Crippen LogP contribution is 2.19. The number of benzene rings is 2. The molecule has 0 spiro atoms. The molecule has 0 fully saturated rings. The zero-order valence-electron chi connectivity index (χ0n) is 14.6. The molecule has 0 aliphatic carbocycles. The molecule has 1 heterocycles. The predicted molar refractivity (Wildman–Crippen MR) is 102 cm³/mol. The minimum atomic E-state index is -3.44. The lowest BCUT2D eigenvalue weighted by Gasteiger charge is -2.10. The van der Waals surface area contributed by atoms with Crippen LogP contribution in [-0.2, 0) is 25.2 Å². The monoisotopic (exact) mass is 399 g/mol. The Hall–Kier alpha value is -3.68. The Labute approximate surface area is 161 Å². The number of aromatic nitrogens is 1. The average Bonchev–Trinajstić information content (AvgIpc) is 2.69. The van der Waals surface area contributed by atoms with E-state index in [4.69, 9.17) is 9.59 Å². The molecule has 28 heavy (non-hydrogen) atoms. The highest BCUT2D eigenvalue weighted by Gasteiger charge is 2.15. The van der Waals surface area contributed by atoms with E-state index in [2.05, 4.69) is 15.8 Å². The molecule has 2 aromatic carbocycles. The average molecular weight is 399 g/mol. The summed E-state index contributed by atoms with van der Waals surface area (Å²) in [6.45, 7) is 0. The van der Waals surface area contributed by atoms with Gasteiger partial charge in [0.05, 0.1) is 27.7 Å². The van der Waals surface area contributed by atoms with Crippen molar-refractivity contribution in [3.05, 3.63) is 78.6 Å². The maximum atomic E-state index is 12.4. The standard InChI is InChI=1S/C18H17N3O3S.CO2/c22-17-8-4-14(5-9-17)20-21-15-6-10-18(11-7-15)25(23,24)13-16-3-1-2-12-19-16;2-1-3/h1-12,20-22H,13H2;. The molecular weight excluding hydrogens is 382 g/mol. The summed E-state index contributed by atoms with van der Waals surface area (Å²) in [6, 6.07) is 18.2. The van der Waals surface area contributed by atoms with Gasteiger partial charge in [0, 0.05) is 6.20 Å². The second kappa shape index (κ2) is 9.86. The zero-order chi connectivity index (χ0) is 20.4. The van der Waals surface area contributed by atoms with Crippen LogP contribution in [0.1, 0.15) is 5.69 Å². The Bertz CT molecular complexity index is 1020. The molecule has 3 aromatic rings. The van der Waals surface area contributed by atoms with E-state index in [1.54, 1.807) is 72.9 Å². The molecule has 0 unspecified atom stereocenters. The quantitative estimate of drug-likeness (QED) is 0.427. The van der Waals surface area contributed by atoms with Crippen LogP contribution in [0.15, 0.2) is 77.8 Å². The number of anilines is 2. The molecule has 0 bridgehead atoms. The van der Waals surface area contributed by atoms with Crippen LogP contribution in [0.4, 0.5) is 11.4 Å². The lowest BCUT2D eigenvalue weighted by atomic mass is 10.3. The van der Waals surface area contributed by atoms with E-state index in [1.807, 2.05) is 0 Å². The number of aromatic hydroxyl groups is 1. The van der Waals surface area contributed by atoms with Crippen molar-refractivity contribution in [1.29, 1.82) is 0 Å². The first-order valence-electron chi connectivity index (χ1n) is 7.97. The Kier molecular flexibility index (Phi) is 7.27. The largest absolute Gasteiger partial charge is 0.508 e. The lowest BCUT2D eigenvalue weighted by Crippen LogP contribution is -2.09. The number of sulfone groups is 1. The van der Waals surface area contributed by atoms with Gasteiger partial charge in [-0.2, -0.15) is 9.59 Å². The molecule has 0 saturated heterocycles. The second-order valence-electron chi connectivity index (χ2n) is 5.48. The number of rotatable bonds is 6. The maximum absolute atomic E-state index is 12.4. The number of pyridine rings is 1. The first kappa shape index (κ1) is 20.6. The van der Waals surface area contributed by atoms with E-state index < -0.39 is 9.84 Å². The van der Waals surface area contributed by atoms with Crippen LogP contribution in [0.2, 0.25) is 0 Å². The summed E-state index contributed by atoms with van der Waals surface area (Å²) in [4.78, 5) is 20.6. The fraction of sp³-hybridized carbons (Fsp3) is 0.0526. The molecule has 0 aliphatic rings. The molecule has 0 saturated carbocycles. The van der Waals surface area contributed by atoms with Crippen molar-refractivity contribution in [2.24, 2.45) is 0 Å². The predicted octanol–water partition coefficient (Wildman–Crippen LogP) is 2.62. The van der Waals surface area contributed by atoms with Crippen LogP contribution in [-0.4, -0.2) is 24.7 Å². The Morgan fingerprint density at radius 2 is 1.39 bits per heavy atom. The van der Waals surface area contributed by atoms with Crippen LogP contribution >= 0.6 is 0 Å². The van der Waals surface area contributed by atoms with Crippen LogP contribution in [0.5, 0.6) is 5.75 Å². The number of hydrogen-bond donors (Lipinski definition) is 3. The van der Waals surface area contributed by atoms with Crippen molar-refractivity contribution < 1.29 is 23.1 Å². The summed E-state index contributed by atoms with van der Waals surface area (Å²) < 4.78 is 24.8. The van der Waals surface area contributed by atoms with Crippen LogP contribution in [0.25, 0.3) is 0 Å². The van der Waals surface area contributed by atoms with Crippen molar-refractivity contribution in [2.45, 2.75) is 10.6 Å². The van der Waals surface area contributed by atoms with Gasteiger partial charge in [0.2, 0.25) is 0 Å². The smallest absolute Gasteiger partial charge is 0.373 e. The summed E-state index contributed by atoms with van der Waals surface area (Å²) in [7, 11) is -3.44. The molecule has 3 rings (SSSR count). The SMILES string of the molecule is O=C=O.O=S(=O)(Cc1ccccn1)c1ccc(NNc2ccc(O)cc2)cc1. The normalized spacial score (nSPS) is 10.1. The fourth-order valence-electron chi connectivity index (χ4n) is 2.20. The molecule has 3 N–H and O–H groups in total. The van der Waals surface area contributed by atoms with Gasteiger partial charge in [-0.05, 0) is 60.7 Å². The Morgan fingerprint density at radius 1 is 0.857 bits per heavy atom. The van der Waals surface area contributed by atoms with Crippen molar-refractivity contribution >= 4 is 27.4 Å². The summed E-state index contributed by atoms with van der Waals surface area (Å²) in [5.41, 5.74) is 7.93. The highest BCUT2D eigenvalue weighted by atomic mass is 32.2. The number of nitrogens with one attached hydrogen (secondary N) is 2. The van der Waals surface area contributed by atoms with Gasteiger partial charge in [0.1, 0.15) is 5.75 Å². The van der Waals surface area contributed by atoms with Crippen molar-refractivity contribution in [1.82, 2.24) is 4.98 Å². The number of carbonyl (C=O) groups excluding carboxylic acids is 2. The first-order valence-corrected chi connectivity index (χ1v) is 9.63. The van der Waals surface area contributed by atoms with Gasteiger partial charge in [-0.25, -0.2) is 8.42 Å². The number of phenolic OH excluding ortho intramolecular Hbond substituents is 1. The maximum Gasteiger partial charge on any atom is 0.373 e. The third-order valence-corrected chi connectivity index (χ3v) is 5.16. The summed E-state index contributed by atoms with van der Waals surface area (Å²) >= 11 is 0. The lowest BCUT2D eigenvalue weighted by molar-refractivity contribution is -0.191. The topological polar surface area (TPSA) is 125 Å². The summed E-state index contributed by atoms with van der Waals surface area (Å²) in [5.74, 6) is 0.0554. The van der Waals surface area contributed by atoms with E-state index >= 15 is 0 Å². The summed E-state index contributed by atoms with van der Waals surface area (Å²) in [5, 5.41) is 9.24. The number of phenols is 1. The molecule has 0 aliphatic heterocycles. The second-order valence-corrected chi connectivity index (χ2v) is 7.47. The van der Waals surface area contributed by atoms with Crippen molar-refractivity contribution in [3.8, 4) is 5.75 Å². The number of nitrogens with zero attached hydrogens (tertiary/aromatic N) is 1. The van der Waals surface area contributed by atoms with Gasteiger partial charge in [0.15, 0.2) is 9.84 Å². The van der Waals surface area contributed by atoms with E-state index in [9.17, 15) is 13.5 Å². The van der Waals surface area contributed by atoms with Gasteiger partial charge >= 0.3 is 6.15 Å². The van der Waals surface area contributed by atoms with Gasteiger partial charge in [-0.3, -0.25) is 4.98 Å². The van der Waals surface area contributed by atoms with Crippen LogP contribution in [0.3, 0.4) is 0 Å². The summed E-state index contributed by atoms with van der Waals surface area (Å²) in [6.07, 6.45) is 1.83. The van der Waals surface area contributed by atoms with E-state index in [0.717, 1.165) is 5.69 Å². The molecular formula is C19H17N3O5S. The molecule has 8 nitrogen and oxygen atoms in total. The molecule has 144 valence electrons. The Balaban J connectivity index is 0.000000878. The Morgan fingerprint density at radius 3 is 1.89 bits per heavy atom. The van der Waals surface area contributed by atoms with Crippen LogP contribution in [0, 0.1) is 0 Å². The fourth-order valence-corrected chi connectivity index (χ4v) is 3.47. The first-order chi connectivity index (χ1) is 13.4. The molecule has 0 radical (unpaired) electrons. The van der Waals surface area contributed by atoms with Gasteiger partial charge < -0.3 is 16.0 Å². The zero-order valence-corrected chi connectivity index (χ0v) is 15.4. The van der Waals surface area contributed by atoms with Crippen LogP contribution < -0.4 is 10.9 Å². The number of hydrogen-bond acceptors (Lipinski definition) is 8. The van der Waals surface area contributed by atoms with E-state index in [-0.39, 0.29) is 22.5 Å². The van der Waals surface area contributed by atoms with E-state index in [0.29, 0.717) is 11.4 Å². The molecule has 1 aromatic heterocycles. The molecule has 0 atom stereocenters. The minimum Gasteiger partial charge on any atom is -0.508 e. The number of hydrazine groups is 1. The minimum absolute atomic E-state index is 0.133. The molecule has 9 heteroatoms. The molecule has 0 amide bonds. The van der Waals surface area contributed by atoms with Crippen molar-refractivity contribution in [2.75, 3.05) is 10.9 Å². The van der Waals surface area contributed by atoms with E-state index in [1.165, 1.54) is 0 Å². The van der Waals surface area contributed by atoms with Gasteiger partial charge in [-0.15, -0.1) is 0 Å².